The lowest BCUT2D eigenvalue weighted by Crippen LogP contribution is -2.38. The lowest BCUT2D eigenvalue weighted by atomic mass is 10.1. The molecule has 0 bridgehead atoms. The van der Waals surface area contributed by atoms with Gasteiger partial charge in [0, 0.05) is 10.6 Å². The third-order valence-corrected chi connectivity index (χ3v) is 4.56. The zero-order chi connectivity index (χ0) is 16.1. The van der Waals surface area contributed by atoms with E-state index in [0.29, 0.717) is 21.9 Å². The number of hydrogen-bond acceptors (Lipinski definition) is 6. The number of thioether (sulfide) groups is 1. The van der Waals surface area contributed by atoms with Crippen LogP contribution in [0.5, 0.6) is 5.75 Å². The second-order valence-corrected chi connectivity index (χ2v) is 5.80. The molecule has 0 fully saturated rings. The highest BCUT2D eigenvalue weighted by molar-refractivity contribution is 7.99. The van der Waals surface area contributed by atoms with Crippen LogP contribution >= 0.6 is 11.8 Å². The fraction of sp³-hybridized carbons (Fsp3) is 0.188. The molecule has 116 valence electrons. The highest BCUT2D eigenvalue weighted by atomic mass is 32.2. The Hall–Kier alpha value is -2.18. The maximum Gasteiger partial charge on any atom is 0.118 e. The molecule has 0 aliphatic rings. The van der Waals surface area contributed by atoms with Crippen LogP contribution in [-0.2, 0) is 4.79 Å². The maximum atomic E-state index is 11.1. The Bertz CT molecular complexity index is 645. The Balaban J connectivity index is 2.33. The first kappa shape index (κ1) is 16.2. The first-order valence-electron chi connectivity index (χ1n) is 6.57. The second kappa shape index (κ2) is 7.20. The summed E-state index contributed by atoms with van der Waals surface area (Å²) in [4.78, 5) is 11.8. The zero-order valence-corrected chi connectivity index (χ0v) is 12.7. The number of aliphatic hydroxyl groups is 1. The number of anilines is 1. The van der Waals surface area contributed by atoms with Gasteiger partial charge in [-0.3, -0.25) is 0 Å². The molecule has 0 saturated carbocycles. The number of aliphatic hydroxyl groups excluding tert-OH is 1. The molecule has 0 radical (unpaired) electrons. The number of ether oxygens (including phenoxy) is 1. The van der Waals surface area contributed by atoms with E-state index in [0.717, 1.165) is 0 Å². The molecule has 0 amide bonds. The quantitative estimate of drug-likeness (QED) is 0.614. The SMILES string of the molecule is COc1ccc([C@H](Sc2ccccc2N)[C@@H](O)C(=O)[O-])cc1. The van der Waals surface area contributed by atoms with Crippen molar-refractivity contribution in [1.82, 2.24) is 0 Å². The summed E-state index contributed by atoms with van der Waals surface area (Å²) in [5.41, 5.74) is 7.05. The number of nitrogen functional groups attached to an aromatic ring is 1. The van der Waals surface area contributed by atoms with Crippen molar-refractivity contribution < 1.29 is 19.7 Å². The van der Waals surface area contributed by atoms with Crippen molar-refractivity contribution in [2.45, 2.75) is 16.2 Å². The van der Waals surface area contributed by atoms with E-state index in [4.69, 9.17) is 10.5 Å². The van der Waals surface area contributed by atoms with Crippen molar-refractivity contribution in [3.8, 4) is 5.75 Å². The molecule has 2 atom stereocenters. The van der Waals surface area contributed by atoms with Crippen molar-refractivity contribution in [2.24, 2.45) is 0 Å². The maximum absolute atomic E-state index is 11.1. The number of rotatable bonds is 6. The van der Waals surface area contributed by atoms with Gasteiger partial charge in [0.25, 0.3) is 0 Å². The Morgan fingerprint density at radius 3 is 2.41 bits per heavy atom. The average molecular weight is 318 g/mol. The van der Waals surface area contributed by atoms with Gasteiger partial charge in [-0.2, -0.15) is 0 Å². The van der Waals surface area contributed by atoms with Gasteiger partial charge >= 0.3 is 0 Å². The number of methoxy groups -OCH3 is 1. The summed E-state index contributed by atoms with van der Waals surface area (Å²) in [5, 5.41) is 20.3. The minimum Gasteiger partial charge on any atom is -0.547 e. The Morgan fingerprint density at radius 1 is 1.23 bits per heavy atom. The van der Waals surface area contributed by atoms with Crippen LogP contribution in [0.2, 0.25) is 0 Å². The van der Waals surface area contributed by atoms with Gasteiger partial charge in [-0.05, 0) is 29.8 Å². The molecule has 0 heterocycles. The zero-order valence-electron chi connectivity index (χ0n) is 11.9. The molecule has 0 aliphatic heterocycles. The number of carbonyl (C=O) groups is 1. The summed E-state index contributed by atoms with van der Waals surface area (Å²) in [6, 6.07) is 13.9. The fourth-order valence-electron chi connectivity index (χ4n) is 1.96. The second-order valence-electron chi connectivity index (χ2n) is 4.61. The highest BCUT2D eigenvalue weighted by Gasteiger charge is 2.24. The van der Waals surface area contributed by atoms with Crippen LogP contribution in [0.4, 0.5) is 5.69 Å². The van der Waals surface area contributed by atoms with Gasteiger partial charge in [0.05, 0.1) is 18.3 Å². The van der Waals surface area contributed by atoms with E-state index in [2.05, 4.69) is 0 Å². The largest absolute Gasteiger partial charge is 0.547 e. The predicted octanol–water partition coefficient (Wildman–Crippen LogP) is 1.22. The topological polar surface area (TPSA) is 95.6 Å². The van der Waals surface area contributed by atoms with Gasteiger partial charge in [0.2, 0.25) is 0 Å². The van der Waals surface area contributed by atoms with Crippen LogP contribution in [0, 0.1) is 0 Å². The number of nitrogens with two attached hydrogens (primary N) is 1. The average Bonchev–Trinajstić information content (AvgIpc) is 2.53. The molecule has 2 aromatic carbocycles. The summed E-state index contributed by atoms with van der Waals surface area (Å²) >= 11 is 1.18. The van der Waals surface area contributed by atoms with Crippen LogP contribution in [-0.4, -0.2) is 24.3 Å². The molecule has 0 unspecified atom stereocenters. The van der Waals surface area contributed by atoms with Gasteiger partial charge in [-0.15, -0.1) is 11.8 Å². The number of carbonyl (C=O) groups excluding carboxylic acids is 1. The molecule has 0 saturated heterocycles. The molecule has 0 aromatic heterocycles. The lowest BCUT2D eigenvalue weighted by Gasteiger charge is -2.24. The Kier molecular flexibility index (Phi) is 5.30. The number of carboxylic acids is 1. The lowest BCUT2D eigenvalue weighted by molar-refractivity contribution is -0.315. The first-order valence-corrected chi connectivity index (χ1v) is 7.45. The monoisotopic (exact) mass is 318 g/mol. The normalized spacial score (nSPS) is 13.4. The van der Waals surface area contributed by atoms with Crippen molar-refractivity contribution in [1.29, 1.82) is 0 Å². The first-order chi connectivity index (χ1) is 10.5. The molecule has 5 nitrogen and oxygen atoms in total. The predicted molar refractivity (Wildman–Crippen MR) is 83.5 cm³/mol. The van der Waals surface area contributed by atoms with Crippen LogP contribution < -0.4 is 15.6 Å². The summed E-state index contributed by atoms with van der Waals surface area (Å²) in [5.74, 6) is -0.877. The molecule has 0 spiro atoms. The Labute approximate surface area is 132 Å². The number of carboxylic acid groups (broad SMARTS) is 1. The van der Waals surface area contributed by atoms with Gasteiger partial charge < -0.3 is 25.5 Å². The number of benzene rings is 2. The van der Waals surface area contributed by atoms with E-state index in [1.54, 1.807) is 55.6 Å². The molecular weight excluding hydrogens is 302 g/mol. The van der Waals surface area contributed by atoms with Gasteiger partial charge in [0.15, 0.2) is 0 Å². The summed E-state index contributed by atoms with van der Waals surface area (Å²) in [6.45, 7) is 0. The summed E-state index contributed by atoms with van der Waals surface area (Å²) in [7, 11) is 1.54. The van der Waals surface area contributed by atoms with Crippen LogP contribution in [0.15, 0.2) is 53.4 Å². The van der Waals surface area contributed by atoms with Crippen molar-refractivity contribution in [2.75, 3.05) is 12.8 Å². The fourth-order valence-corrected chi connectivity index (χ4v) is 3.12. The van der Waals surface area contributed by atoms with Gasteiger partial charge in [-0.1, -0.05) is 24.3 Å². The van der Waals surface area contributed by atoms with E-state index < -0.39 is 17.3 Å². The molecular formula is C16H16NO4S-. The van der Waals surface area contributed by atoms with Crippen molar-refractivity contribution >= 4 is 23.4 Å². The molecule has 6 heteroatoms. The highest BCUT2D eigenvalue weighted by Crippen LogP contribution is 2.40. The molecule has 3 N–H and O–H groups in total. The minimum atomic E-state index is -1.65. The third kappa shape index (κ3) is 3.72. The van der Waals surface area contributed by atoms with Gasteiger partial charge in [-0.25, -0.2) is 0 Å². The minimum absolute atomic E-state index is 0.525. The Morgan fingerprint density at radius 2 is 1.86 bits per heavy atom. The summed E-state index contributed by atoms with van der Waals surface area (Å²) < 4.78 is 5.08. The van der Waals surface area contributed by atoms with E-state index in [1.807, 2.05) is 0 Å². The van der Waals surface area contributed by atoms with Crippen LogP contribution in [0.25, 0.3) is 0 Å². The van der Waals surface area contributed by atoms with Crippen LogP contribution in [0.3, 0.4) is 0 Å². The van der Waals surface area contributed by atoms with Gasteiger partial charge in [0.1, 0.15) is 11.9 Å². The number of hydrogen-bond donors (Lipinski definition) is 2. The van der Waals surface area contributed by atoms with Crippen molar-refractivity contribution in [3.05, 3.63) is 54.1 Å². The van der Waals surface area contributed by atoms with E-state index in [9.17, 15) is 15.0 Å². The molecule has 2 rings (SSSR count). The standard InChI is InChI=1S/C16H17NO4S/c1-21-11-8-6-10(7-9-11)15(14(18)16(19)20)22-13-5-3-2-4-12(13)17/h2-9,14-15,18H,17H2,1H3,(H,19,20)/p-1/t14-,15+/m1/s1. The van der Waals surface area contributed by atoms with E-state index >= 15 is 0 Å². The van der Waals surface area contributed by atoms with Crippen LogP contribution in [0.1, 0.15) is 10.8 Å². The van der Waals surface area contributed by atoms with E-state index in [-0.39, 0.29) is 0 Å². The number of para-hydroxylation sites is 1. The number of aliphatic carboxylic acids is 1. The smallest absolute Gasteiger partial charge is 0.118 e. The van der Waals surface area contributed by atoms with E-state index in [1.165, 1.54) is 11.8 Å². The molecule has 22 heavy (non-hydrogen) atoms. The molecule has 0 aliphatic carbocycles. The van der Waals surface area contributed by atoms with Crippen molar-refractivity contribution in [3.63, 3.8) is 0 Å². The summed E-state index contributed by atoms with van der Waals surface area (Å²) in [6.07, 6.45) is -1.65. The molecule has 2 aromatic rings. The third-order valence-electron chi connectivity index (χ3n) is 3.15.